The summed E-state index contributed by atoms with van der Waals surface area (Å²) >= 11 is 12.8. The van der Waals surface area contributed by atoms with Crippen molar-refractivity contribution in [3.05, 3.63) is 93.5 Å². The highest BCUT2D eigenvalue weighted by atomic mass is 35.5. The molecule has 4 aromatic heterocycles. The first-order valence-electron chi connectivity index (χ1n) is 12.4. The van der Waals surface area contributed by atoms with Gasteiger partial charge in [0.15, 0.2) is 5.82 Å². The number of carbonyl (C=O) groups is 2. The van der Waals surface area contributed by atoms with Gasteiger partial charge in [0, 0.05) is 17.1 Å². The average Bonchev–Trinajstić information content (AvgIpc) is 3.73. The Morgan fingerprint density at radius 1 is 1.05 bits per heavy atom. The zero-order valence-electron chi connectivity index (χ0n) is 21.8. The molecule has 0 atom stereocenters. The van der Waals surface area contributed by atoms with Gasteiger partial charge in [-0.15, -0.1) is 10.2 Å². The van der Waals surface area contributed by atoms with Gasteiger partial charge in [-0.25, -0.2) is 9.67 Å². The van der Waals surface area contributed by atoms with Crippen LogP contribution in [0, 0.1) is 0 Å². The number of aromatic nitrogens is 9. The smallest absolute Gasteiger partial charge is 0.365 e. The van der Waals surface area contributed by atoms with Crippen LogP contribution >= 0.6 is 23.2 Å². The van der Waals surface area contributed by atoms with Gasteiger partial charge in [0.1, 0.15) is 12.2 Å². The molecule has 0 bridgehead atoms. The molecule has 18 heteroatoms. The number of hydrogen-bond acceptors (Lipinski definition) is 8. The van der Waals surface area contributed by atoms with Gasteiger partial charge in [0.05, 0.1) is 44.3 Å². The maximum atomic E-state index is 13.7. The lowest BCUT2D eigenvalue weighted by Gasteiger charge is -2.13. The topological polar surface area (TPSA) is 175 Å². The fourth-order valence-electron chi connectivity index (χ4n) is 4.35. The summed E-state index contributed by atoms with van der Waals surface area (Å²) in [6, 6.07) is 10.4. The van der Waals surface area contributed by atoms with Crippen LogP contribution in [-0.2, 0) is 12.7 Å². The van der Waals surface area contributed by atoms with Crippen LogP contribution in [0.3, 0.4) is 0 Å². The van der Waals surface area contributed by atoms with Crippen LogP contribution < -0.4 is 11.1 Å². The Morgan fingerprint density at radius 2 is 1.82 bits per heavy atom. The summed E-state index contributed by atoms with van der Waals surface area (Å²) in [6.45, 7) is -0.0984. The van der Waals surface area contributed by atoms with Crippen LogP contribution in [0.1, 0.15) is 32.1 Å². The van der Waals surface area contributed by atoms with E-state index in [0.29, 0.717) is 10.9 Å². The molecule has 6 aromatic rings. The van der Waals surface area contributed by atoms with Crippen molar-refractivity contribution in [2.75, 3.05) is 5.32 Å². The van der Waals surface area contributed by atoms with E-state index < -0.39 is 23.6 Å². The second-order valence-corrected chi connectivity index (χ2v) is 10.0. The normalized spacial score (nSPS) is 11.7. The molecule has 0 unspecified atom stereocenters. The number of anilines is 1. The van der Waals surface area contributed by atoms with E-state index in [1.165, 1.54) is 41.3 Å². The van der Waals surface area contributed by atoms with E-state index in [1.54, 1.807) is 12.1 Å². The Labute approximate surface area is 253 Å². The van der Waals surface area contributed by atoms with Crippen LogP contribution in [0.5, 0.6) is 0 Å². The van der Waals surface area contributed by atoms with Gasteiger partial charge in [-0.1, -0.05) is 35.3 Å². The standard InChI is InChI=1S/C26H16Cl2F3N11O2/c27-16-2-1-7-33-24(16)42-18(25(44)35-21-17(28)8-13-10-34-36-20(13)19(21)22(32)43)9-15(38-42)11-41-39-23(37-40-41)12-3-5-14(6-4-12)26(29,30)31/h1-10H,11H2,(H2,32,43)(H,34,36)(H,35,44). The predicted octanol–water partition coefficient (Wildman–Crippen LogP) is 4.52. The van der Waals surface area contributed by atoms with Crippen molar-refractivity contribution in [3.8, 4) is 17.2 Å². The van der Waals surface area contributed by atoms with Crippen molar-refractivity contribution < 1.29 is 22.8 Å². The molecule has 0 fully saturated rings. The number of rotatable bonds is 7. The summed E-state index contributed by atoms with van der Waals surface area (Å²) in [5.74, 6) is -1.41. The van der Waals surface area contributed by atoms with Gasteiger partial charge in [-0.3, -0.25) is 14.7 Å². The number of pyridine rings is 1. The fourth-order valence-corrected chi connectivity index (χ4v) is 4.81. The molecule has 0 saturated heterocycles. The summed E-state index contributed by atoms with van der Waals surface area (Å²) in [5.41, 5.74) is 5.46. The lowest BCUT2D eigenvalue weighted by molar-refractivity contribution is -0.137. The summed E-state index contributed by atoms with van der Waals surface area (Å²) in [5, 5.41) is 26.4. The van der Waals surface area contributed by atoms with Gasteiger partial charge < -0.3 is 11.1 Å². The van der Waals surface area contributed by atoms with E-state index in [0.717, 1.165) is 16.9 Å². The number of nitrogens with two attached hydrogens (primary N) is 1. The minimum atomic E-state index is -4.48. The van der Waals surface area contributed by atoms with E-state index >= 15 is 0 Å². The zero-order valence-corrected chi connectivity index (χ0v) is 23.4. The Bertz CT molecular complexity index is 2050. The van der Waals surface area contributed by atoms with Crippen LogP contribution in [0.2, 0.25) is 10.0 Å². The maximum absolute atomic E-state index is 13.7. The van der Waals surface area contributed by atoms with Crippen molar-refractivity contribution in [1.29, 1.82) is 0 Å². The molecule has 0 aliphatic rings. The molecule has 0 saturated carbocycles. The molecule has 222 valence electrons. The highest BCUT2D eigenvalue weighted by Crippen LogP contribution is 2.33. The number of benzene rings is 2. The summed E-state index contributed by atoms with van der Waals surface area (Å²) < 4.78 is 40.0. The molecule has 4 N–H and O–H groups in total. The van der Waals surface area contributed by atoms with Crippen molar-refractivity contribution in [2.24, 2.45) is 5.73 Å². The molecule has 2 amide bonds. The molecule has 0 aliphatic heterocycles. The molecule has 0 radical (unpaired) electrons. The Morgan fingerprint density at radius 3 is 2.52 bits per heavy atom. The number of nitrogens with zero attached hydrogens (tertiary/aromatic N) is 8. The van der Waals surface area contributed by atoms with Crippen molar-refractivity contribution >= 4 is 51.6 Å². The number of H-pyrrole nitrogens is 1. The minimum absolute atomic E-state index is 0.0332. The number of nitrogens with one attached hydrogen (secondary N) is 2. The first-order valence-corrected chi connectivity index (χ1v) is 13.2. The SMILES string of the molecule is NC(=O)c1c(NC(=O)c2cc(Cn3nnc(-c4ccc(C(F)(F)F)cc4)n3)nn2-c2ncccc2Cl)c(Cl)cc2cn[nH]c12. The van der Waals surface area contributed by atoms with Gasteiger partial charge in [0.2, 0.25) is 5.82 Å². The van der Waals surface area contributed by atoms with Gasteiger partial charge in [-0.2, -0.15) is 28.2 Å². The fraction of sp³-hybridized carbons (Fsp3) is 0.0769. The molecule has 0 spiro atoms. The Kier molecular flexibility index (Phi) is 7.22. The highest BCUT2D eigenvalue weighted by molar-refractivity contribution is 6.36. The second-order valence-electron chi connectivity index (χ2n) is 9.22. The first kappa shape index (κ1) is 28.8. The predicted molar refractivity (Wildman–Crippen MR) is 151 cm³/mol. The van der Waals surface area contributed by atoms with Crippen LogP contribution in [-0.4, -0.2) is 57.0 Å². The Balaban J connectivity index is 1.34. The van der Waals surface area contributed by atoms with Crippen molar-refractivity contribution in [3.63, 3.8) is 0 Å². The van der Waals surface area contributed by atoms with E-state index in [4.69, 9.17) is 28.9 Å². The van der Waals surface area contributed by atoms with Gasteiger partial charge in [-0.05, 0) is 41.6 Å². The minimum Gasteiger partial charge on any atom is -0.365 e. The molecule has 44 heavy (non-hydrogen) atoms. The number of alkyl halides is 3. The number of fused-ring (bicyclic) bond motifs is 1. The molecular weight excluding hydrogens is 626 g/mol. The van der Waals surface area contributed by atoms with E-state index in [-0.39, 0.29) is 56.4 Å². The summed E-state index contributed by atoms with van der Waals surface area (Å²) in [7, 11) is 0. The molecular formula is C26H16Cl2F3N11O2. The largest absolute Gasteiger partial charge is 0.416 e. The second kappa shape index (κ2) is 11.1. The van der Waals surface area contributed by atoms with Crippen LogP contribution in [0.25, 0.3) is 28.1 Å². The third-order valence-corrected chi connectivity index (χ3v) is 6.93. The number of primary amides is 1. The third-order valence-electron chi connectivity index (χ3n) is 6.33. The monoisotopic (exact) mass is 641 g/mol. The maximum Gasteiger partial charge on any atom is 0.416 e. The summed E-state index contributed by atoms with van der Waals surface area (Å²) in [6.07, 6.45) is -1.58. The number of halogens is 5. The van der Waals surface area contributed by atoms with Crippen LogP contribution in [0.4, 0.5) is 18.9 Å². The van der Waals surface area contributed by atoms with Crippen molar-refractivity contribution in [1.82, 2.24) is 45.2 Å². The van der Waals surface area contributed by atoms with E-state index in [1.807, 2.05) is 0 Å². The number of tetrazole rings is 1. The number of carbonyl (C=O) groups excluding carboxylic acids is 2. The number of aromatic amines is 1. The van der Waals surface area contributed by atoms with E-state index in [9.17, 15) is 22.8 Å². The summed E-state index contributed by atoms with van der Waals surface area (Å²) in [4.78, 5) is 31.4. The van der Waals surface area contributed by atoms with Gasteiger partial charge in [0.25, 0.3) is 11.8 Å². The zero-order chi connectivity index (χ0) is 31.2. The van der Waals surface area contributed by atoms with Crippen molar-refractivity contribution in [2.45, 2.75) is 12.7 Å². The first-order chi connectivity index (χ1) is 21.0. The molecule has 2 aromatic carbocycles. The third kappa shape index (κ3) is 5.43. The molecule has 0 aliphatic carbocycles. The number of hydrogen-bond donors (Lipinski definition) is 3. The Hall–Kier alpha value is -5.35. The quantitative estimate of drug-likeness (QED) is 0.228. The highest BCUT2D eigenvalue weighted by Gasteiger charge is 2.30. The lowest BCUT2D eigenvalue weighted by Crippen LogP contribution is -2.21. The van der Waals surface area contributed by atoms with Crippen LogP contribution in [0.15, 0.2) is 60.9 Å². The molecule has 4 heterocycles. The average molecular weight is 642 g/mol. The van der Waals surface area contributed by atoms with E-state index in [2.05, 4.69) is 41.0 Å². The molecule has 6 rings (SSSR count). The van der Waals surface area contributed by atoms with Gasteiger partial charge >= 0.3 is 6.18 Å². The lowest BCUT2D eigenvalue weighted by atomic mass is 10.1. The number of amides is 2. The molecule has 13 nitrogen and oxygen atoms in total.